The summed E-state index contributed by atoms with van der Waals surface area (Å²) >= 11 is 0. The third kappa shape index (κ3) is 5.49. The van der Waals surface area contributed by atoms with Crippen LogP contribution in [0.4, 0.5) is 0 Å². The Morgan fingerprint density at radius 1 is 1.38 bits per heavy atom. The molecule has 3 heteroatoms. The van der Waals surface area contributed by atoms with Crippen molar-refractivity contribution in [3.63, 3.8) is 0 Å². The van der Waals surface area contributed by atoms with Crippen LogP contribution < -0.4 is 5.32 Å². The van der Waals surface area contributed by atoms with Crippen LogP contribution in [0.3, 0.4) is 0 Å². The largest absolute Gasteiger partial charge is 0.352 e. The third-order valence-electron chi connectivity index (χ3n) is 2.47. The van der Waals surface area contributed by atoms with Gasteiger partial charge in [-0.3, -0.25) is 9.78 Å². The fourth-order valence-corrected chi connectivity index (χ4v) is 1.50. The number of aromatic nitrogens is 1. The molecular weight excluding hydrogens is 200 g/mol. The van der Waals surface area contributed by atoms with Crippen molar-refractivity contribution in [3.8, 4) is 0 Å². The van der Waals surface area contributed by atoms with E-state index >= 15 is 0 Å². The number of unbranched alkanes of at least 4 members (excludes halogenated alkanes) is 3. The molecule has 0 bridgehead atoms. The molecule has 1 amide bonds. The van der Waals surface area contributed by atoms with E-state index in [-0.39, 0.29) is 5.91 Å². The van der Waals surface area contributed by atoms with E-state index in [1.165, 1.54) is 12.8 Å². The first-order chi connectivity index (χ1) is 7.83. The molecule has 0 fully saturated rings. The summed E-state index contributed by atoms with van der Waals surface area (Å²) in [7, 11) is 0. The predicted molar refractivity (Wildman–Crippen MR) is 64.8 cm³/mol. The number of nitrogens with one attached hydrogen (secondary N) is 1. The first-order valence-corrected chi connectivity index (χ1v) is 5.98. The van der Waals surface area contributed by atoms with Crippen LogP contribution in [-0.2, 0) is 11.3 Å². The lowest BCUT2D eigenvalue weighted by Crippen LogP contribution is -2.22. The number of carbonyl (C=O) groups is 1. The molecule has 1 heterocycles. The maximum Gasteiger partial charge on any atom is 0.220 e. The molecule has 88 valence electrons. The molecule has 3 nitrogen and oxygen atoms in total. The fourth-order valence-electron chi connectivity index (χ4n) is 1.50. The van der Waals surface area contributed by atoms with Crippen LogP contribution in [0.5, 0.6) is 0 Å². The average molecular weight is 220 g/mol. The molecular formula is C13H20N2O. The number of pyridine rings is 1. The zero-order chi connectivity index (χ0) is 11.6. The normalized spacial score (nSPS) is 10.1. The van der Waals surface area contributed by atoms with Gasteiger partial charge in [-0.25, -0.2) is 0 Å². The zero-order valence-electron chi connectivity index (χ0n) is 9.91. The van der Waals surface area contributed by atoms with Crippen LogP contribution >= 0.6 is 0 Å². The Labute approximate surface area is 97.3 Å². The number of carbonyl (C=O) groups excluding carboxylic acids is 1. The van der Waals surface area contributed by atoms with E-state index in [4.69, 9.17) is 0 Å². The Morgan fingerprint density at radius 2 is 2.25 bits per heavy atom. The van der Waals surface area contributed by atoms with Gasteiger partial charge in [0.05, 0.1) is 0 Å². The summed E-state index contributed by atoms with van der Waals surface area (Å²) in [5.74, 6) is 0.139. The lowest BCUT2D eigenvalue weighted by atomic mass is 10.1. The summed E-state index contributed by atoms with van der Waals surface area (Å²) in [4.78, 5) is 15.4. The highest BCUT2D eigenvalue weighted by molar-refractivity contribution is 5.75. The van der Waals surface area contributed by atoms with Gasteiger partial charge in [-0.15, -0.1) is 0 Å². The molecule has 1 N–H and O–H groups in total. The van der Waals surface area contributed by atoms with Crippen LogP contribution in [0.1, 0.15) is 44.6 Å². The second-order valence-corrected chi connectivity index (χ2v) is 3.95. The van der Waals surface area contributed by atoms with Crippen molar-refractivity contribution < 1.29 is 4.79 Å². The van der Waals surface area contributed by atoms with Crippen molar-refractivity contribution in [3.05, 3.63) is 30.1 Å². The Balaban J connectivity index is 2.11. The van der Waals surface area contributed by atoms with Crippen LogP contribution in [0.15, 0.2) is 24.5 Å². The van der Waals surface area contributed by atoms with E-state index in [0.717, 1.165) is 18.4 Å². The van der Waals surface area contributed by atoms with Crippen LogP contribution in [0, 0.1) is 0 Å². The van der Waals surface area contributed by atoms with Crippen LogP contribution in [0.2, 0.25) is 0 Å². The van der Waals surface area contributed by atoms with Crippen molar-refractivity contribution in [1.29, 1.82) is 0 Å². The van der Waals surface area contributed by atoms with Crippen molar-refractivity contribution in [2.75, 3.05) is 0 Å². The smallest absolute Gasteiger partial charge is 0.220 e. The maximum absolute atomic E-state index is 11.4. The van der Waals surface area contributed by atoms with Crippen molar-refractivity contribution in [2.45, 2.75) is 45.6 Å². The summed E-state index contributed by atoms with van der Waals surface area (Å²) in [6.45, 7) is 2.75. The monoisotopic (exact) mass is 220 g/mol. The Hall–Kier alpha value is -1.38. The second kappa shape index (κ2) is 7.85. The van der Waals surface area contributed by atoms with Gasteiger partial charge in [-0.05, 0) is 18.1 Å². The molecule has 1 rings (SSSR count). The van der Waals surface area contributed by atoms with Gasteiger partial charge in [0.2, 0.25) is 5.91 Å². The molecule has 0 radical (unpaired) electrons. The highest BCUT2D eigenvalue weighted by atomic mass is 16.1. The van der Waals surface area contributed by atoms with Gasteiger partial charge in [0.15, 0.2) is 0 Å². The average Bonchev–Trinajstić information content (AvgIpc) is 2.33. The van der Waals surface area contributed by atoms with Crippen LogP contribution in [0.25, 0.3) is 0 Å². The number of nitrogens with zero attached hydrogens (tertiary/aromatic N) is 1. The molecule has 0 saturated carbocycles. The second-order valence-electron chi connectivity index (χ2n) is 3.95. The predicted octanol–water partition coefficient (Wildman–Crippen LogP) is 2.67. The Morgan fingerprint density at radius 3 is 2.94 bits per heavy atom. The fraction of sp³-hybridized carbons (Fsp3) is 0.538. The van der Waals surface area contributed by atoms with Crippen LogP contribution in [-0.4, -0.2) is 10.9 Å². The topological polar surface area (TPSA) is 42.0 Å². The van der Waals surface area contributed by atoms with Gasteiger partial charge in [-0.1, -0.05) is 32.3 Å². The highest BCUT2D eigenvalue weighted by Crippen LogP contribution is 2.02. The molecule has 0 aromatic carbocycles. The van der Waals surface area contributed by atoms with E-state index in [0.29, 0.717) is 13.0 Å². The summed E-state index contributed by atoms with van der Waals surface area (Å²) < 4.78 is 0. The number of rotatable bonds is 7. The Bertz CT molecular complexity index is 298. The molecule has 0 atom stereocenters. The van der Waals surface area contributed by atoms with Gasteiger partial charge in [-0.2, -0.15) is 0 Å². The standard InChI is InChI=1S/C13H20N2O/c1-2-3-4-5-8-13(16)15-11-12-7-6-9-14-10-12/h6-7,9-10H,2-5,8,11H2,1H3,(H,15,16). The number of hydrogen-bond acceptors (Lipinski definition) is 2. The first kappa shape index (κ1) is 12.7. The molecule has 16 heavy (non-hydrogen) atoms. The van der Waals surface area contributed by atoms with E-state index in [1.807, 2.05) is 12.1 Å². The van der Waals surface area contributed by atoms with E-state index < -0.39 is 0 Å². The third-order valence-corrected chi connectivity index (χ3v) is 2.47. The van der Waals surface area contributed by atoms with Gasteiger partial charge in [0, 0.05) is 25.4 Å². The molecule has 0 unspecified atom stereocenters. The number of amides is 1. The molecule has 0 saturated heterocycles. The molecule has 1 aromatic rings. The minimum absolute atomic E-state index is 0.139. The molecule has 0 aliphatic carbocycles. The minimum Gasteiger partial charge on any atom is -0.352 e. The summed E-state index contributed by atoms with van der Waals surface area (Å²) in [6.07, 6.45) is 8.71. The SMILES string of the molecule is CCCCCCC(=O)NCc1cccnc1. The van der Waals surface area contributed by atoms with E-state index in [1.54, 1.807) is 12.4 Å². The van der Waals surface area contributed by atoms with Crippen molar-refractivity contribution >= 4 is 5.91 Å². The lowest BCUT2D eigenvalue weighted by Gasteiger charge is -2.04. The first-order valence-electron chi connectivity index (χ1n) is 5.98. The molecule has 0 spiro atoms. The molecule has 0 aliphatic rings. The summed E-state index contributed by atoms with van der Waals surface area (Å²) in [6, 6.07) is 3.84. The highest BCUT2D eigenvalue weighted by Gasteiger charge is 2.00. The van der Waals surface area contributed by atoms with Gasteiger partial charge < -0.3 is 5.32 Å². The molecule has 0 aliphatic heterocycles. The quantitative estimate of drug-likeness (QED) is 0.718. The van der Waals surface area contributed by atoms with Gasteiger partial charge >= 0.3 is 0 Å². The number of hydrogen-bond donors (Lipinski definition) is 1. The lowest BCUT2D eigenvalue weighted by molar-refractivity contribution is -0.121. The molecule has 1 aromatic heterocycles. The Kier molecular flexibility index (Phi) is 6.23. The van der Waals surface area contributed by atoms with Crippen molar-refractivity contribution in [2.24, 2.45) is 0 Å². The summed E-state index contributed by atoms with van der Waals surface area (Å²) in [5, 5.41) is 2.90. The summed E-state index contributed by atoms with van der Waals surface area (Å²) in [5.41, 5.74) is 1.05. The minimum atomic E-state index is 0.139. The van der Waals surface area contributed by atoms with E-state index in [2.05, 4.69) is 17.2 Å². The van der Waals surface area contributed by atoms with E-state index in [9.17, 15) is 4.79 Å². The van der Waals surface area contributed by atoms with Crippen molar-refractivity contribution in [1.82, 2.24) is 10.3 Å². The zero-order valence-corrected chi connectivity index (χ0v) is 9.91. The van der Waals surface area contributed by atoms with Gasteiger partial charge in [0.1, 0.15) is 0 Å². The maximum atomic E-state index is 11.4. The van der Waals surface area contributed by atoms with Gasteiger partial charge in [0.25, 0.3) is 0 Å².